The van der Waals surface area contributed by atoms with E-state index in [2.05, 4.69) is 6.58 Å². The van der Waals surface area contributed by atoms with Gasteiger partial charge in [0.1, 0.15) is 16.9 Å². The molecule has 1 aliphatic heterocycles. The van der Waals surface area contributed by atoms with Crippen LogP contribution in [-0.4, -0.2) is 5.60 Å². The smallest absolute Gasteiger partial charge is 0.336 e. The summed E-state index contributed by atoms with van der Waals surface area (Å²) in [5.41, 5.74) is 2.96. The van der Waals surface area contributed by atoms with Gasteiger partial charge in [-0.05, 0) is 44.0 Å². The van der Waals surface area contributed by atoms with Crippen molar-refractivity contribution < 1.29 is 9.15 Å². The van der Waals surface area contributed by atoms with Gasteiger partial charge in [-0.2, -0.15) is 0 Å². The summed E-state index contributed by atoms with van der Waals surface area (Å²) in [6.07, 6.45) is 0.754. The minimum absolute atomic E-state index is 0.313. The zero-order valence-electron chi connectivity index (χ0n) is 11.4. The molecule has 19 heavy (non-hydrogen) atoms. The van der Waals surface area contributed by atoms with E-state index in [9.17, 15) is 4.79 Å². The largest absolute Gasteiger partial charge is 0.483 e. The van der Waals surface area contributed by atoms with Gasteiger partial charge in [0.15, 0.2) is 0 Å². The van der Waals surface area contributed by atoms with Crippen LogP contribution in [0.4, 0.5) is 0 Å². The van der Waals surface area contributed by atoms with Crippen LogP contribution < -0.4 is 10.4 Å². The molecule has 3 heteroatoms. The number of hydrogen-bond donors (Lipinski definition) is 0. The molecule has 0 aliphatic carbocycles. The maximum Gasteiger partial charge on any atom is 0.336 e. The van der Waals surface area contributed by atoms with Crippen LogP contribution in [0, 0.1) is 6.92 Å². The third-order valence-electron chi connectivity index (χ3n) is 3.92. The van der Waals surface area contributed by atoms with Crippen LogP contribution in [0.15, 0.2) is 39.6 Å². The number of hydrogen-bond acceptors (Lipinski definition) is 3. The Hall–Kier alpha value is -2.03. The van der Waals surface area contributed by atoms with Gasteiger partial charge in [-0.1, -0.05) is 6.58 Å². The molecule has 0 spiro atoms. The van der Waals surface area contributed by atoms with E-state index in [4.69, 9.17) is 9.15 Å². The van der Waals surface area contributed by atoms with E-state index in [-0.39, 0.29) is 11.2 Å². The van der Waals surface area contributed by atoms with Gasteiger partial charge >= 0.3 is 5.63 Å². The van der Waals surface area contributed by atoms with Crippen LogP contribution in [0.3, 0.4) is 0 Å². The number of fused-ring (bicyclic) bond motifs is 3. The van der Waals surface area contributed by atoms with E-state index >= 15 is 0 Å². The Morgan fingerprint density at radius 1 is 1.42 bits per heavy atom. The fraction of sp³-hybridized carbons (Fsp3) is 0.312. The predicted octanol–water partition coefficient (Wildman–Crippen LogP) is 3.37. The fourth-order valence-electron chi connectivity index (χ4n) is 2.64. The molecule has 1 aromatic heterocycles. The van der Waals surface area contributed by atoms with Crippen molar-refractivity contribution in [3.8, 4) is 5.75 Å². The molecule has 0 N–H and O–H groups in total. The standard InChI is InChI=1S/C16H16O3/c1-9(2)16(4)8-11-12(19-16)5-6-13-15(11)10(3)7-14(17)18-13/h5-7H,1,8H2,2-4H3. The molecular formula is C16H16O3. The molecule has 1 atom stereocenters. The molecule has 0 saturated heterocycles. The van der Waals surface area contributed by atoms with Gasteiger partial charge in [0, 0.05) is 23.4 Å². The van der Waals surface area contributed by atoms with Crippen molar-refractivity contribution in [2.75, 3.05) is 0 Å². The zero-order chi connectivity index (χ0) is 13.8. The molecule has 0 bridgehead atoms. The molecule has 0 amide bonds. The summed E-state index contributed by atoms with van der Waals surface area (Å²) >= 11 is 0. The highest BCUT2D eigenvalue weighted by atomic mass is 16.5. The molecule has 0 saturated carbocycles. The Kier molecular flexibility index (Phi) is 2.36. The van der Waals surface area contributed by atoms with E-state index in [1.807, 2.05) is 26.8 Å². The second-order valence-corrected chi connectivity index (χ2v) is 5.45. The molecule has 1 aromatic carbocycles. The van der Waals surface area contributed by atoms with E-state index < -0.39 is 0 Å². The summed E-state index contributed by atoms with van der Waals surface area (Å²) in [5.74, 6) is 0.856. The average molecular weight is 256 g/mol. The normalized spacial score (nSPS) is 21.2. The van der Waals surface area contributed by atoms with Crippen LogP contribution in [0.2, 0.25) is 0 Å². The maximum absolute atomic E-state index is 11.4. The van der Waals surface area contributed by atoms with Gasteiger partial charge in [-0.25, -0.2) is 4.79 Å². The molecule has 1 unspecified atom stereocenters. The lowest BCUT2D eigenvalue weighted by atomic mass is 9.91. The zero-order valence-corrected chi connectivity index (χ0v) is 11.4. The minimum Gasteiger partial charge on any atom is -0.483 e. The molecule has 0 radical (unpaired) electrons. The van der Waals surface area contributed by atoms with E-state index in [0.717, 1.165) is 34.3 Å². The van der Waals surface area contributed by atoms with Crippen molar-refractivity contribution >= 4 is 11.0 Å². The first-order valence-electron chi connectivity index (χ1n) is 6.32. The van der Waals surface area contributed by atoms with E-state index in [1.54, 1.807) is 6.07 Å². The fourth-order valence-corrected chi connectivity index (χ4v) is 2.64. The lowest BCUT2D eigenvalue weighted by molar-refractivity contribution is 0.157. The predicted molar refractivity (Wildman–Crippen MR) is 74.8 cm³/mol. The quantitative estimate of drug-likeness (QED) is 0.580. The molecule has 98 valence electrons. The molecular weight excluding hydrogens is 240 g/mol. The monoisotopic (exact) mass is 256 g/mol. The van der Waals surface area contributed by atoms with Gasteiger partial charge in [0.25, 0.3) is 0 Å². The van der Waals surface area contributed by atoms with Gasteiger partial charge in [0.2, 0.25) is 0 Å². The molecule has 1 aliphatic rings. The molecule has 3 nitrogen and oxygen atoms in total. The van der Waals surface area contributed by atoms with Crippen molar-refractivity contribution in [2.24, 2.45) is 0 Å². The van der Waals surface area contributed by atoms with Crippen molar-refractivity contribution in [3.05, 3.63) is 51.9 Å². The maximum atomic E-state index is 11.4. The van der Waals surface area contributed by atoms with Crippen LogP contribution >= 0.6 is 0 Å². The Morgan fingerprint density at radius 3 is 2.84 bits per heavy atom. The Balaban J connectivity index is 2.29. The first-order chi connectivity index (χ1) is 8.90. The third-order valence-corrected chi connectivity index (χ3v) is 3.92. The summed E-state index contributed by atoms with van der Waals surface area (Å²) in [6.45, 7) is 9.95. The van der Waals surface area contributed by atoms with Gasteiger partial charge in [-0.3, -0.25) is 0 Å². The van der Waals surface area contributed by atoms with Crippen molar-refractivity contribution in [3.63, 3.8) is 0 Å². The average Bonchev–Trinajstić information content (AvgIpc) is 2.66. The first kappa shape index (κ1) is 12.0. The third kappa shape index (κ3) is 1.69. The van der Waals surface area contributed by atoms with E-state index in [1.165, 1.54) is 6.07 Å². The Morgan fingerprint density at radius 2 is 2.16 bits per heavy atom. The minimum atomic E-state index is -0.376. The molecule has 3 rings (SSSR count). The van der Waals surface area contributed by atoms with Crippen LogP contribution in [0.5, 0.6) is 5.75 Å². The second kappa shape index (κ2) is 3.73. The van der Waals surface area contributed by atoms with Gasteiger partial charge < -0.3 is 9.15 Å². The van der Waals surface area contributed by atoms with Crippen molar-refractivity contribution in [2.45, 2.75) is 32.8 Å². The highest BCUT2D eigenvalue weighted by Gasteiger charge is 2.37. The molecule has 2 heterocycles. The summed E-state index contributed by atoms with van der Waals surface area (Å²) in [4.78, 5) is 11.4. The number of benzene rings is 1. The highest BCUT2D eigenvalue weighted by molar-refractivity contribution is 5.86. The first-order valence-corrected chi connectivity index (χ1v) is 6.32. The Labute approximate surface area is 111 Å². The summed E-state index contributed by atoms with van der Waals surface area (Å²) in [7, 11) is 0. The number of ether oxygens (including phenoxy) is 1. The number of aryl methyl sites for hydroxylation is 1. The molecule has 2 aromatic rings. The van der Waals surface area contributed by atoms with Crippen LogP contribution in [-0.2, 0) is 6.42 Å². The SMILES string of the molecule is C=C(C)C1(C)Cc2c(ccc3oc(=O)cc(C)c23)O1. The van der Waals surface area contributed by atoms with Crippen LogP contribution in [0.25, 0.3) is 11.0 Å². The number of rotatable bonds is 1. The Bertz CT molecular complexity index is 754. The lowest BCUT2D eigenvalue weighted by Crippen LogP contribution is -2.30. The van der Waals surface area contributed by atoms with E-state index in [0.29, 0.717) is 5.58 Å². The van der Waals surface area contributed by atoms with Gasteiger partial charge in [-0.15, -0.1) is 0 Å². The summed E-state index contributed by atoms with van der Waals surface area (Å²) in [5, 5.41) is 0.988. The van der Waals surface area contributed by atoms with Crippen molar-refractivity contribution in [1.82, 2.24) is 0 Å². The summed E-state index contributed by atoms with van der Waals surface area (Å²) in [6, 6.07) is 5.19. The second-order valence-electron chi connectivity index (χ2n) is 5.45. The van der Waals surface area contributed by atoms with Gasteiger partial charge in [0.05, 0.1) is 0 Å². The summed E-state index contributed by atoms with van der Waals surface area (Å²) < 4.78 is 11.3. The van der Waals surface area contributed by atoms with Crippen LogP contribution in [0.1, 0.15) is 25.0 Å². The molecule has 0 fully saturated rings. The van der Waals surface area contributed by atoms with Crippen molar-refractivity contribution in [1.29, 1.82) is 0 Å². The lowest BCUT2D eigenvalue weighted by Gasteiger charge is -2.24. The topological polar surface area (TPSA) is 39.4 Å². The highest BCUT2D eigenvalue weighted by Crippen LogP contribution is 2.42.